The quantitative estimate of drug-likeness (QED) is 0.413. The van der Waals surface area contributed by atoms with Gasteiger partial charge in [0.15, 0.2) is 0 Å². The third kappa shape index (κ3) is 2.83. The van der Waals surface area contributed by atoms with Crippen LogP contribution in [0.4, 0.5) is 5.82 Å². The number of aromatic nitrogens is 2. The van der Waals surface area contributed by atoms with Gasteiger partial charge in [-0.15, -0.1) is 0 Å². The SMILES string of the molecule is O=[N+]([O-])c1cn(CCCCO)cn1. The maximum Gasteiger partial charge on any atom is 0.381 e. The summed E-state index contributed by atoms with van der Waals surface area (Å²) in [6.07, 6.45) is 4.31. The third-order valence-electron chi connectivity index (χ3n) is 1.63. The Hall–Kier alpha value is -1.43. The molecule has 0 saturated carbocycles. The fourth-order valence-corrected chi connectivity index (χ4v) is 0.971. The van der Waals surface area contributed by atoms with Crippen molar-refractivity contribution in [2.45, 2.75) is 19.4 Å². The summed E-state index contributed by atoms with van der Waals surface area (Å²) >= 11 is 0. The molecular formula is C7H11N3O3. The highest BCUT2D eigenvalue weighted by Gasteiger charge is 2.08. The van der Waals surface area contributed by atoms with Gasteiger partial charge in [-0.2, -0.15) is 0 Å². The lowest BCUT2D eigenvalue weighted by atomic mass is 10.3. The van der Waals surface area contributed by atoms with Crippen molar-refractivity contribution in [3.8, 4) is 0 Å². The van der Waals surface area contributed by atoms with Gasteiger partial charge >= 0.3 is 5.82 Å². The fourth-order valence-electron chi connectivity index (χ4n) is 0.971. The first-order valence-corrected chi connectivity index (χ1v) is 4.01. The maximum atomic E-state index is 10.2. The third-order valence-corrected chi connectivity index (χ3v) is 1.63. The molecule has 0 radical (unpaired) electrons. The van der Waals surface area contributed by atoms with Crippen LogP contribution >= 0.6 is 0 Å². The molecule has 6 nitrogen and oxygen atoms in total. The van der Waals surface area contributed by atoms with Crippen LogP contribution in [0.5, 0.6) is 0 Å². The van der Waals surface area contributed by atoms with Crippen molar-refractivity contribution in [2.75, 3.05) is 6.61 Å². The predicted molar refractivity (Wildman–Crippen MR) is 45.2 cm³/mol. The van der Waals surface area contributed by atoms with Crippen LogP contribution in [0, 0.1) is 10.1 Å². The number of hydrogen-bond donors (Lipinski definition) is 1. The van der Waals surface area contributed by atoms with E-state index < -0.39 is 4.92 Å². The number of nitrogens with zero attached hydrogens (tertiary/aromatic N) is 3. The van der Waals surface area contributed by atoms with Gasteiger partial charge in [-0.05, 0) is 22.7 Å². The van der Waals surface area contributed by atoms with E-state index in [1.807, 2.05) is 0 Å². The largest absolute Gasteiger partial charge is 0.396 e. The topological polar surface area (TPSA) is 81.2 Å². The molecule has 0 saturated heterocycles. The molecule has 1 aromatic heterocycles. The average molecular weight is 185 g/mol. The highest BCUT2D eigenvalue weighted by atomic mass is 16.6. The molecule has 72 valence electrons. The van der Waals surface area contributed by atoms with Gasteiger partial charge in [0.05, 0.1) is 0 Å². The minimum Gasteiger partial charge on any atom is -0.396 e. The molecule has 1 aromatic rings. The van der Waals surface area contributed by atoms with Crippen molar-refractivity contribution in [3.63, 3.8) is 0 Å². The number of nitro groups is 1. The Bertz CT molecular complexity index is 284. The van der Waals surface area contributed by atoms with E-state index >= 15 is 0 Å². The van der Waals surface area contributed by atoms with E-state index in [-0.39, 0.29) is 12.4 Å². The summed E-state index contributed by atoms with van der Waals surface area (Å²) < 4.78 is 1.65. The van der Waals surface area contributed by atoms with E-state index in [4.69, 9.17) is 5.11 Å². The molecule has 0 aliphatic rings. The van der Waals surface area contributed by atoms with Crippen LogP contribution in [0.25, 0.3) is 0 Å². The van der Waals surface area contributed by atoms with Crippen LogP contribution in [0.1, 0.15) is 12.8 Å². The lowest BCUT2D eigenvalue weighted by Gasteiger charge is -1.96. The molecule has 0 aliphatic carbocycles. The van der Waals surface area contributed by atoms with E-state index in [0.29, 0.717) is 13.0 Å². The Morgan fingerprint density at radius 3 is 2.92 bits per heavy atom. The summed E-state index contributed by atoms with van der Waals surface area (Å²) in [5.41, 5.74) is 0. The van der Waals surface area contributed by atoms with Gasteiger partial charge in [-0.3, -0.25) is 0 Å². The Labute approximate surface area is 75.0 Å². The second-order valence-corrected chi connectivity index (χ2v) is 2.66. The number of unbranched alkanes of at least 4 members (excludes halogenated alkanes) is 1. The second-order valence-electron chi connectivity index (χ2n) is 2.66. The van der Waals surface area contributed by atoms with Gasteiger partial charge in [-0.1, -0.05) is 0 Å². The van der Waals surface area contributed by atoms with Crippen LogP contribution in [0.15, 0.2) is 12.5 Å². The molecule has 6 heteroatoms. The summed E-state index contributed by atoms with van der Waals surface area (Å²) in [6, 6.07) is 0. The Morgan fingerprint density at radius 1 is 1.62 bits per heavy atom. The Kier molecular flexibility index (Phi) is 3.39. The van der Waals surface area contributed by atoms with Crippen LogP contribution in [0.3, 0.4) is 0 Å². The van der Waals surface area contributed by atoms with Gasteiger partial charge in [0.2, 0.25) is 6.33 Å². The Balaban J connectivity index is 2.44. The van der Waals surface area contributed by atoms with Crippen molar-refractivity contribution in [2.24, 2.45) is 0 Å². The molecule has 0 spiro atoms. The number of imidazole rings is 1. The molecule has 13 heavy (non-hydrogen) atoms. The van der Waals surface area contributed by atoms with E-state index in [0.717, 1.165) is 6.42 Å². The predicted octanol–water partition coefficient (Wildman–Crippen LogP) is 0.564. The van der Waals surface area contributed by atoms with Gasteiger partial charge < -0.3 is 19.8 Å². The van der Waals surface area contributed by atoms with Gasteiger partial charge in [0.25, 0.3) is 0 Å². The smallest absolute Gasteiger partial charge is 0.381 e. The van der Waals surface area contributed by atoms with Crippen molar-refractivity contribution in [3.05, 3.63) is 22.6 Å². The Morgan fingerprint density at radius 2 is 2.38 bits per heavy atom. The first kappa shape index (κ1) is 9.66. The number of aliphatic hydroxyl groups excluding tert-OH is 1. The number of rotatable bonds is 5. The molecule has 1 heterocycles. The van der Waals surface area contributed by atoms with Crippen LogP contribution in [-0.2, 0) is 6.54 Å². The van der Waals surface area contributed by atoms with E-state index in [1.54, 1.807) is 4.57 Å². The summed E-state index contributed by atoms with van der Waals surface area (Å²) in [6.45, 7) is 0.804. The molecule has 1 N–H and O–H groups in total. The summed E-state index contributed by atoms with van der Waals surface area (Å²) in [4.78, 5) is 13.3. The fraction of sp³-hybridized carbons (Fsp3) is 0.571. The van der Waals surface area contributed by atoms with Gasteiger partial charge in [0.1, 0.15) is 6.20 Å². The summed E-state index contributed by atoms with van der Waals surface area (Å²) in [7, 11) is 0. The van der Waals surface area contributed by atoms with Gasteiger partial charge in [-0.25, -0.2) is 0 Å². The molecular weight excluding hydrogens is 174 g/mol. The highest BCUT2D eigenvalue weighted by molar-refractivity contribution is 5.12. The molecule has 0 atom stereocenters. The zero-order valence-electron chi connectivity index (χ0n) is 7.09. The molecule has 0 bridgehead atoms. The van der Waals surface area contributed by atoms with Gasteiger partial charge in [0, 0.05) is 13.2 Å². The van der Waals surface area contributed by atoms with E-state index in [2.05, 4.69) is 4.98 Å². The van der Waals surface area contributed by atoms with Crippen molar-refractivity contribution in [1.82, 2.24) is 9.55 Å². The summed E-state index contributed by atoms with van der Waals surface area (Å²) in [5.74, 6) is -0.135. The zero-order chi connectivity index (χ0) is 9.68. The monoisotopic (exact) mass is 185 g/mol. The molecule has 1 rings (SSSR count). The van der Waals surface area contributed by atoms with E-state index in [9.17, 15) is 10.1 Å². The normalized spacial score (nSPS) is 10.2. The minimum absolute atomic E-state index is 0.135. The van der Waals surface area contributed by atoms with Crippen molar-refractivity contribution < 1.29 is 10.0 Å². The lowest BCUT2D eigenvalue weighted by molar-refractivity contribution is -0.389. The van der Waals surface area contributed by atoms with Crippen LogP contribution in [-0.4, -0.2) is 26.2 Å². The zero-order valence-corrected chi connectivity index (χ0v) is 7.09. The number of aliphatic hydroxyl groups is 1. The molecule has 0 unspecified atom stereocenters. The average Bonchev–Trinajstić information content (AvgIpc) is 2.53. The molecule has 0 amide bonds. The van der Waals surface area contributed by atoms with Crippen molar-refractivity contribution in [1.29, 1.82) is 0 Å². The number of hydrogen-bond acceptors (Lipinski definition) is 4. The van der Waals surface area contributed by atoms with Crippen molar-refractivity contribution >= 4 is 5.82 Å². The molecule has 0 aliphatic heterocycles. The molecule has 0 fully saturated rings. The second kappa shape index (κ2) is 4.56. The maximum absolute atomic E-state index is 10.2. The molecule has 0 aromatic carbocycles. The summed E-state index contributed by atoms with van der Waals surface area (Å²) in [5, 5.41) is 18.7. The van der Waals surface area contributed by atoms with E-state index in [1.165, 1.54) is 12.5 Å². The standard InChI is InChI=1S/C7H11N3O3/c11-4-2-1-3-9-5-7(8-6-9)10(12)13/h5-6,11H,1-4H2. The first-order chi connectivity index (χ1) is 6.24. The lowest BCUT2D eigenvalue weighted by Crippen LogP contribution is -1.95. The first-order valence-electron chi connectivity index (χ1n) is 4.01. The van der Waals surface area contributed by atoms with Crippen LogP contribution in [0.2, 0.25) is 0 Å². The highest BCUT2D eigenvalue weighted by Crippen LogP contribution is 2.06. The minimum atomic E-state index is -0.525. The van der Waals surface area contributed by atoms with Crippen LogP contribution < -0.4 is 0 Å². The number of aryl methyl sites for hydroxylation is 1.